The molecule has 1 N–H and O–H groups in total. The van der Waals surface area contributed by atoms with E-state index in [0.717, 1.165) is 9.26 Å². The number of hydrogen-bond donors (Lipinski definition) is 1. The predicted molar refractivity (Wildman–Crippen MR) is 78.8 cm³/mol. The van der Waals surface area contributed by atoms with Gasteiger partial charge in [0.05, 0.1) is 0 Å². The van der Waals surface area contributed by atoms with E-state index in [1.807, 2.05) is 26.2 Å². The molecule has 0 unspecified atom stereocenters. The summed E-state index contributed by atoms with van der Waals surface area (Å²) < 4.78 is 1.02. The molecule has 5 heteroatoms. The smallest absolute Gasteiger partial charge is 0.227 e. The minimum Gasteiger partial charge on any atom is -0.378 e. The molecule has 0 amide bonds. The molecule has 2 aromatic rings. The Bertz CT molecular complexity index is 479. The Hall–Kier alpha value is -1.37. The lowest BCUT2D eigenvalue weighted by molar-refractivity contribution is 1.13. The largest absolute Gasteiger partial charge is 0.378 e. The highest BCUT2D eigenvalue weighted by Gasteiger charge is 1.98. The number of nitrogens with one attached hydrogen (secondary N) is 1. The van der Waals surface area contributed by atoms with Crippen LogP contribution in [0.1, 0.15) is 0 Å². The average Bonchev–Trinajstić information content (AvgIpc) is 2.33. The molecule has 4 nitrogen and oxygen atoms in total. The van der Waals surface area contributed by atoms with E-state index in [-0.39, 0.29) is 0 Å². The van der Waals surface area contributed by atoms with Crippen molar-refractivity contribution in [2.75, 3.05) is 24.3 Å². The summed E-state index contributed by atoms with van der Waals surface area (Å²) in [6.07, 6.45) is 3.56. The Balaban J connectivity index is 2.11. The predicted octanol–water partition coefficient (Wildman–Crippen LogP) is 2.89. The molecule has 1 aromatic carbocycles. The van der Waals surface area contributed by atoms with Crippen molar-refractivity contribution in [3.8, 4) is 0 Å². The van der Waals surface area contributed by atoms with Gasteiger partial charge in [-0.15, -0.1) is 0 Å². The molecular formula is C12H13IN4. The molecule has 0 aliphatic carbocycles. The van der Waals surface area contributed by atoms with Gasteiger partial charge in [-0.05, 0) is 46.9 Å². The number of nitrogens with zero attached hydrogens (tertiary/aromatic N) is 3. The maximum absolute atomic E-state index is 4.19. The van der Waals surface area contributed by atoms with Gasteiger partial charge in [-0.3, -0.25) is 0 Å². The van der Waals surface area contributed by atoms with E-state index < -0.39 is 0 Å². The third-order valence-electron chi connectivity index (χ3n) is 2.26. The van der Waals surface area contributed by atoms with E-state index >= 15 is 0 Å². The lowest BCUT2D eigenvalue weighted by Crippen LogP contribution is -2.08. The topological polar surface area (TPSA) is 41.0 Å². The molecule has 0 fully saturated rings. The highest BCUT2D eigenvalue weighted by atomic mass is 127. The van der Waals surface area contributed by atoms with Crippen LogP contribution in [0, 0.1) is 3.57 Å². The van der Waals surface area contributed by atoms with Crippen LogP contribution in [0.2, 0.25) is 0 Å². The quantitative estimate of drug-likeness (QED) is 0.873. The Morgan fingerprint density at radius 1 is 1.06 bits per heavy atom. The van der Waals surface area contributed by atoms with Crippen molar-refractivity contribution in [3.05, 3.63) is 40.2 Å². The molecule has 1 heterocycles. The molecule has 0 bridgehead atoms. The number of aromatic nitrogens is 2. The normalized spacial score (nSPS) is 10.1. The zero-order valence-electron chi connectivity index (χ0n) is 9.68. The van der Waals surface area contributed by atoms with Gasteiger partial charge in [0, 0.05) is 41.4 Å². The van der Waals surface area contributed by atoms with Crippen LogP contribution in [-0.2, 0) is 0 Å². The second kappa shape index (κ2) is 5.31. The molecule has 0 aliphatic rings. The van der Waals surface area contributed by atoms with Crippen LogP contribution in [0.15, 0.2) is 36.7 Å². The number of rotatable bonds is 3. The van der Waals surface area contributed by atoms with Gasteiger partial charge in [0.1, 0.15) is 0 Å². The zero-order valence-corrected chi connectivity index (χ0v) is 11.8. The molecular weight excluding hydrogens is 327 g/mol. The summed E-state index contributed by atoms with van der Waals surface area (Å²) in [4.78, 5) is 10.4. The van der Waals surface area contributed by atoms with Crippen LogP contribution in [0.25, 0.3) is 0 Å². The molecule has 0 saturated heterocycles. The number of halogens is 1. The molecule has 0 aliphatic heterocycles. The monoisotopic (exact) mass is 340 g/mol. The fraction of sp³-hybridized carbons (Fsp3) is 0.167. The van der Waals surface area contributed by atoms with Crippen molar-refractivity contribution in [2.45, 2.75) is 0 Å². The molecule has 0 saturated carbocycles. The van der Waals surface area contributed by atoms with E-state index in [9.17, 15) is 0 Å². The summed E-state index contributed by atoms with van der Waals surface area (Å²) in [5, 5.41) is 3.15. The van der Waals surface area contributed by atoms with Gasteiger partial charge in [-0.2, -0.15) is 0 Å². The van der Waals surface area contributed by atoms with Gasteiger partial charge in [0.25, 0.3) is 0 Å². The van der Waals surface area contributed by atoms with Crippen LogP contribution < -0.4 is 10.2 Å². The zero-order chi connectivity index (χ0) is 12.3. The van der Waals surface area contributed by atoms with Gasteiger partial charge in [-0.1, -0.05) is 0 Å². The van der Waals surface area contributed by atoms with Gasteiger partial charge in [0.2, 0.25) is 5.95 Å². The summed E-state index contributed by atoms with van der Waals surface area (Å²) in [6, 6.07) is 8.12. The first-order valence-corrected chi connectivity index (χ1v) is 6.25. The molecule has 0 spiro atoms. The van der Waals surface area contributed by atoms with Crippen LogP contribution in [0.3, 0.4) is 0 Å². The Morgan fingerprint density at radius 2 is 1.65 bits per heavy atom. The first kappa shape index (κ1) is 12.1. The van der Waals surface area contributed by atoms with Gasteiger partial charge < -0.3 is 10.2 Å². The lowest BCUT2D eigenvalue weighted by atomic mass is 10.2. The standard InChI is InChI=1S/C12H13IN4/c1-17(2)11-5-3-10(4-6-11)16-12-14-7-9(13)8-15-12/h3-8H,1-2H3,(H,14,15,16). The highest BCUT2D eigenvalue weighted by Crippen LogP contribution is 2.18. The summed E-state index contributed by atoms with van der Waals surface area (Å²) in [7, 11) is 4.04. The van der Waals surface area contributed by atoms with Crippen molar-refractivity contribution in [3.63, 3.8) is 0 Å². The molecule has 0 radical (unpaired) electrons. The SMILES string of the molecule is CN(C)c1ccc(Nc2ncc(I)cn2)cc1. The lowest BCUT2D eigenvalue weighted by Gasteiger charge is -2.12. The Labute approximate surface area is 114 Å². The fourth-order valence-corrected chi connectivity index (χ4v) is 1.63. The van der Waals surface area contributed by atoms with Crippen LogP contribution in [0.5, 0.6) is 0 Å². The molecule has 0 atom stereocenters. The van der Waals surface area contributed by atoms with Crippen LogP contribution in [-0.4, -0.2) is 24.1 Å². The van der Waals surface area contributed by atoms with Crippen LogP contribution in [0.4, 0.5) is 17.3 Å². The first-order valence-electron chi connectivity index (χ1n) is 5.17. The third-order valence-corrected chi connectivity index (χ3v) is 2.82. The number of anilines is 3. The second-order valence-corrected chi connectivity index (χ2v) is 5.04. The van der Waals surface area contributed by atoms with E-state index in [2.05, 4.69) is 54.9 Å². The highest BCUT2D eigenvalue weighted by molar-refractivity contribution is 14.1. The number of hydrogen-bond acceptors (Lipinski definition) is 4. The summed E-state index contributed by atoms with van der Waals surface area (Å²) in [5.41, 5.74) is 2.15. The van der Waals surface area contributed by atoms with Gasteiger partial charge in [-0.25, -0.2) is 9.97 Å². The van der Waals surface area contributed by atoms with Crippen LogP contribution >= 0.6 is 22.6 Å². The van der Waals surface area contributed by atoms with E-state index in [1.54, 1.807) is 12.4 Å². The van der Waals surface area contributed by atoms with Crippen molar-refractivity contribution < 1.29 is 0 Å². The third kappa shape index (κ3) is 3.29. The molecule has 2 rings (SSSR count). The van der Waals surface area contributed by atoms with Crippen molar-refractivity contribution in [1.29, 1.82) is 0 Å². The molecule has 88 valence electrons. The minimum atomic E-state index is 0.614. The summed E-state index contributed by atoms with van der Waals surface area (Å²) >= 11 is 2.18. The minimum absolute atomic E-state index is 0.614. The average molecular weight is 340 g/mol. The van der Waals surface area contributed by atoms with Gasteiger partial charge >= 0.3 is 0 Å². The number of benzene rings is 1. The van der Waals surface area contributed by atoms with E-state index in [4.69, 9.17) is 0 Å². The second-order valence-electron chi connectivity index (χ2n) is 3.79. The maximum Gasteiger partial charge on any atom is 0.227 e. The summed E-state index contributed by atoms with van der Waals surface area (Å²) in [6.45, 7) is 0. The van der Waals surface area contributed by atoms with Crippen molar-refractivity contribution >= 4 is 39.9 Å². The van der Waals surface area contributed by atoms with E-state index in [1.165, 1.54) is 5.69 Å². The molecule has 17 heavy (non-hydrogen) atoms. The summed E-state index contributed by atoms with van der Waals surface area (Å²) in [5.74, 6) is 0.614. The van der Waals surface area contributed by atoms with Gasteiger partial charge in [0.15, 0.2) is 0 Å². The Morgan fingerprint density at radius 3 is 2.18 bits per heavy atom. The van der Waals surface area contributed by atoms with Crippen molar-refractivity contribution in [1.82, 2.24) is 9.97 Å². The molecule has 1 aromatic heterocycles. The fourth-order valence-electron chi connectivity index (χ4n) is 1.35. The maximum atomic E-state index is 4.19. The first-order chi connectivity index (χ1) is 8.15. The van der Waals surface area contributed by atoms with E-state index in [0.29, 0.717) is 5.95 Å². The van der Waals surface area contributed by atoms with Crippen molar-refractivity contribution in [2.24, 2.45) is 0 Å². The Kier molecular flexibility index (Phi) is 3.78.